The van der Waals surface area contributed by atoms with Gasteiger partial charge in [-0.3, -0.25) is 4.79 Å². The van der Waals surface area contributed by atoms with Crippen molar-refractivity contribution in [3.63, 3.8) is 0 Å². The molecule has 1 fully saturated rings. The molecule has 0 bridgehead atoms. The Kier molecular flexibility index (Phi) is 4.78. The van der Waals surface area contributed by atoms with Crippen LogP contribution in [0, 0.1) is 0 Å². The van der Waals surface area contributed by atoms with E-state index in [1.54, 1.807) is 25.1 Å². The summed E-state index contributed by atoms with van der Waals surface area (Å²) in [5.74, 6) is 0.297. The van der Waals surface area contributed by atoms with Crippen molar-refractivity contribution >= 4 is 5.78 Å². The number of aromatic hydroxyl groups is 1. The normalized spacial score (nSPS) is 19.7. The number of likely N-dealkylation sites (N-methyl/N-ethyl adjacent to an activating group) is 2. The zero-order valence-electron chi connectivity index (χ0n) is 12.6. The topological polar surface area (TPSA) is 43.8 Å². The second kappa shape index (κ2) is 6.37. The van der Waals surface area contributed by atoms with Crippen LogP contribution in [0.2, 0.25) is 0 Å². The number of ketones is 1. The maximum Gasteiger partial charge on any atom is 0.159 e. The van der Waals surface area contributed by atoms with E-state index in [1.807, 2.05) is 0 Å². The van der Waals surface area contributed by atoms with Crippen molar-refractivity contribution in [1.29, 1.82) is 0 Å². The summed E-state index contributed by atoms with van der Waals surface area (Å²) >= 11 is 0. The average Bonchev–Trinajstić information content (AvgIpc) is 2.77. The quantitative estimate of drug-likeness (QED) is 0.837. The summed E-state index contributed by atoms with van der Waals surface area (Å²) in [6.45, 7) is 4.37. The van der Waals surface area contributed by atoms with Crippen LogP contribution in [0.3, 0.4) is 0 Å². The smallest absolute Gasteiger partial charge is 0.159 e. The van der Waals surface area contributed by atoms with Crippen LogP contribution in [0.4, 0.5) is 0 Å². The van der Waals surface area contributed by atoms with Gasteiger partial charge in [-0.15, -0.1) is 0 Å². The highest BCUT2D eigenvalue weighted by molar-refractivity contribution is 5.94. The van der Waals surface area contributed by atoms with Gasteiger partial charge in [0.05, 0.1) is 0 Å². The largest absolute Gasteiger partial charge is 0.508 e. The van der Waals surface area contributed by atoms with Crippen LogP contribution in [0.5, 0.6) is 5.75 Å². The Labute approximate surface area is 121 Å². The molecule has 1 N–H and O–H groups in total. The number of rotatable bonds is 5. The summed E-state index contributed by atoms with van der Waals surface area (Å²) < 4.78 is 0. The number of carbonyl (C=O) groups excluding carboxylic acids is 1. The third-order valence-corrected chi connectivity index (χ3v) is 4.12. The predicted molar refractivity (Wildman–Crippen MR) is 80.1 cm³/mol. The Hall–Kier alpha value is -1.39. The Morgan fingerprint density at radius 3 is 2.85 bits per heavy atom. The highest BCUT2D eigenvalue weighted by Crippen LogP contribution is 2.22. The van der Waals surface area contributed by atoms with Gasteiger partial charge in [0, 0.05) is 30.3 Å². The van der Waals surface area contributed by atoms with E-state index in [9.17, 15) is 9.90 Å². The molecule has 4 nitrogen and oxygen atoms in total. The minimum absolute atomic E-state index is 0.0319. The zero-order valence-corrected chi connectivity index (χ0v) is 12.6. The summed E-state index contributed by atoms with van der Waals surface area (Å²) in [5, 5.41) is 9.93. The zero-order chi connectivity index (χ0) is 14.7. The van der Waals surface area contributed by atoms with Crippen molar-refractivity contribution < 1.29 is 9.90 Å². The molecule has 1 aliphatic heterocycles. The van der Waals surface area contributed by atoms with E-state index in [0.717, 1.165) is 12.1 Å². The lowest BCUT2D eigenvalue weighted by molar-refractivity contribution is 0.101. The first-order chi connectivity index (χ1) is 9.47. The van der Waals surface area contributed by atoms with E-state index >= 15 is 0 Å². The lowest BCUT2D eigenvalue weighted by Crippen LogP contribution is -2.36. The molecule has 0 amide bonds. The third-order valence-electron chi connectivity index (χ3n) is 4.12. The van der Waals surface area contributed by atoms with Gasteiger partial charge in [-0.25, -0.2) is 0 Å². The van der Waals surface area contributed by atoms with Crippen LogP contribution >= 0.6 is 0 Å². The van der Waals surface area contributed by atoms with Gasteiger partial charge >= 0.3 is 0 Å². The second-order valence-corrected chi connectivity index (χ2v) is 5.87. The number of likely N-dealkylation sites (tertiary alicyclic amines) is 1. The van der Waals surface area contributed by atoms with Crippen molar-refractivity contribution in [2.45, 2.75) is 32.4 Å². The van der Waals surface area contributed by atoms with Gasteiger partial charge in [0.1, 0.15) is 5.75 Å². The van der Waals surface area contributed by atoms with E-state index in [2.05, 4.69) is 23.9 Å². The van der Waals surface area contributed by atoms with Crippen LogP contribution in [-0.2, 0) is 6.54 Å². The molecule has 4 heteroatoms. The number of phenols is 1. The van der Waals surface area contributed by atoms with E-state index < -0.39 is 0 Å². The molecular weight excluding hydrogens is 252 g/mol. The van der Waals surface area contributed by atoms with E-state index in [0.29, 0.717) is 18.2 Å². The summed E-state index contributed by atoms with van der Waals surface area (Å²) in [6, 6.07) is 5.68. The van der Waals surface area contributed by atoms with Crippen molar-refractivity contribution in [3.05, 3.63) is 29.3 Å². The van der Waals surface area contributed by atoms with Gasteiger partial charge in [0.25, 0.3) is 0 Å². The molecule has 0 radical (unpaired) electrons. The van der Waals surface area contributed by atoms with Crippen molar-refractivity contribution in [1.82, 2.24) is 9.80 Å². The first-order valence-corrected chi connectivity index (χ1v) is 7.19. The first kappa shape index (κ1) is 15.0. The van der Waals surface area contributed by atoms with Crippen LogP contribution in [-0.4, -0.2) is 53.9 Å². The molecule has 1 saturated heterocycles. The van der Waals surface area contributed by atoms with Crippen LogP contribution in [0.25, 0.3) is 0 Å². The Morgan fingerprint density at radius 1 is 1.50 bits per heavy atom. The van der Waals surface area contributed by atoms with Crippen molar-refractivity contribution in [3.8, 4) is 5.75 Å². The summed E-state index contributed by atoms with van der Waals surface area (Å²) in [7, 11) is 4.23. The van der Waals surface area contributed by atoms with Gasteiger partial charge in [-0.05, 0) is 58.6 Å². The Morgan fingerprint density at radius 2 is 2.25 bits per heavy atom. The highest BCUT2D eigenvalue weighted by Gasteiger charge is 2.22. The van der Waals surface area contributed by atoms with Crippen LogP contribution < -0.4 is 0 Å². The van der Waals surface area contributed by atoms with Crippen LogP contribution in [0.1, 0.15) is 35.7 Å². The molecule has 1 unspecified atom stereocenters. The minimum Gasteiger partial charge on any atom is -0.508 e. The molecule has 0 saturated carbocycles. The maximum atomic E-state index is 11.4. The molecule has 1 aromatic rings. The summed E-state index contributed by atoms with van der Waals surface area (Å²) in [4.78, 5) is 16.0. The Balaban J connectivity index is 2.01. The number of hydrogen-bond acceptors (Lipinski definition) is 4. The molecule has 1 heterocycles. The summed E-state index contributed by atoms with van der Waals surface area (Å²) in [6.07, 6.45) is 2.50. The lowest BCUT2D eigenvalue weighted by atomic mass is 10.1. The first-order valence-electron chi connectivity index (χ1n) is 7.19. The average molecular weight is 276 g/mol. The maximum absolute atomic E-state index is 11.4. The number of carbonyl (C=O) groups is 1. The van der Waals surface area contributed by atoms with Gasteiger partial charge in [0.15, 0.2) is 5.78 Å². The monoisotopic (exact) mass is 276 g/mol. The lowest BCUT2D eigenvalue weighted by Gasteiger charge is -2.26. The Bertz CT molecular complexity index is 487. The number of hydrogen-bond donors (Lipinski definition) is 1. The van der Waals surface area contributed by atoms with Gasteiger partial charge < -0.3 is 14.9 Å². The van der Waals surface area contributed by atoms with Gasteiger partial charge in [0.2, 0.25) is 0 Å². The van der Waals surface area contributed by atoms with E-state index in [-0.39, 0.29) is 11.5 Å². The predicted octanol–water partition coefficient (Wildman–Crippen LogP) is 2.12. The molecule has 0 aliphatic carbocycles. The van der Waals surface area contributed by atoms with Gasteiger partial charge in [-0.2, -0.15) is 0 Å². The molecule has 0 spiro atoms. The number of phenolic OH excluding ortho intramolecular Hbond substituents is 1. The fourth-order valence-corrected chi connectivity index (χ4v) is 2.86. The van der Waals surface area contributed by atoms with Crippen molar-refractivity contribution in [2.24, 2.45) is 0 Å². The van der Waals surface area contributed by atoms with E-state index in [1.165, 1.54) is 19.4 Å². The molecule has 2 rings (SSSR count). The molecule has 1 aliphatic rings. The molecule has 1 aromatic carbocycles. The SMILES string of the molecule is CC(=O)c1ccc(O)c(CN(C)CC2CCCN2C)c1. The fraction of sp³-hybridized carbons (Fsp3) is 0.562. The van der Waals surface area contributed by atoms with Gasteiger partial charge in [-0.1, -0.05) is 0 Å². The fourth-order valence-electron chi connectivity index (χ4n) is 2.86. The standard InChI is InChI=1S/C16H24N2O2/c1-12(19)13-6-7-16(20)14(9-13)10-17(2)11-15-5-4-8-18(15)3/h6-7,9,15,20H,4-5,8,10-11H2,1-3H3. The molecule has 110 valence electrons. The second-order valence-electron chi connectivity index (χ2n) is 5.87. The molecule has 20 heavy (non-hydrogen) atoms. The summed E-state index contributed by atoms with van der Waals surface area (Å²) in [5.41, 5.74) is 1.48. The molecule has 0 aromatic heterocycles. The number of Topliss-reactive ketones (excluding diaryl/α,β-unsaturated/α-hetero) is 1. The van der Waals surface area contributed by atoms with Crippen molar-refractivity contribution in [2.75, 3.05) is 27.2 Å². The minimum atomic E-state index is 0.0319. The highest BCUT2D eigenvalue weighted by atomic mass is 16.3. The number of nitrogens with zero attached hydrogens (tertiary/aromatic N) is 2. The third kappa shape index (κ3) is 3.58. The molecular formula is C16H24N2O2. The number of benzene rings is 1. The van der Waals surface area contributed by atoms with Crippen LogP contribution in [0.15, 0.2) is 18.2 Å². The van der Waals surface area contributed by atoms with E-state index in [4.69, 9.17) is 0 Å². The molecule has 1 atom stereocenters.